The van der Waals surface area contributed by atoms with Crippen molar-refractivity contribution in [3.8, 4) is 40.1 Å². The molecule has 0 saturated carbocycles. The van der Waals surface area contributed by atoms with Gasteiger partial charge in [-0.25, -0.2) is 0 Å². The van der Waals surface area contributed by atoms with E-state index in [-0.39, 0.29) is 5.91 Å². The number of nitrogens with zero attached hydrogens (tertiary/aromatic N) is 2. The fraction of sp³-hybridized carbons (Fsp3) is 0.125. The van der Waals surface area contributed by atoms with Gasteiger partial charge in [0, 0.05) is 34.5 Å². The predicted molar refractivity (Wildman–Crippen MR) is 119 cm³/mol. The molecular weight excluding hydrogens is 410 g/mol. The maximum absolute atomic E-state index is 12.7. The Labute approximate surface area is 184 Å². The number of benzene rings is 3. The van der Waals surface area contributed by atoms with Gasteiger partial charge in [-0.3, -0.25) is 4.79 Å². The number of hydrogen-bond donors (Lipinski definition) is 1. The minimum Gasteiger partial charge on any atom is -0.493 e. The van der Waals surface area contributed by atoms with E-state index in [0.29, 0.717) is 45.8 Å². The number of carbonyl (C=O) groups is 1. The van der Waals surface area contributed by atoms with Crippen LogP contribution in [0.15, 0.2) is 71.3 Å². The van der Waals surface area contributed by atoms with Crippen LogP contribution < -0.4 is 19.5 Å². The lowest BCUT2D eigenvalue weighted by atomic mass is 10.1. The first-order valence-corrected chi connectivity index (χ1v) is 9.74. The second kappa shape index (κ2) is 9.22. The molecule has 3 aromatic carbocycles. The average molecular weight is 431 g/mol. The first-order valence-electron chi connectivity index (χ1n) is 9.74. The minimum atomic E-state index is -0.290. The molecule has 0 atom stereocenters. The van der Waals surface area contributed by atoms with Crippen LogP contribution in [0.25, 0.3) is 22.8 Å². The highest BCUT2D eigenvalue weighted by Gasteiger charge is 2.16. The first kappa shape index (κ1) is 20.9. The fourth-order valence-electron chi connectivity index (χ4n) is 3.17. The van der Waals surface area contributed by atoms with Crippen molar-refractivity contribution in [3.63, 3.8) is 0 Å². The van der Waals surface area contributed by atoms with Crippen LogP contribution in [0, 0.1) is 0 Å². The number of aromatic nitrogens is 2. The summed E-state index contributed by atoms with van der Waals surface area (Å²) in [6, 6.07) is 19.8. The van der Waals surface area contributed by atoms with Crippen molar-refractivity contribution in [2.24, 2.45) is 0 Å². The van der Waals surface area contributed by atoms with Crippen molar-refractivity contribution in [1.29, 1.82) is 0 Å². The third kappa shape index (κ3) is 4.24. The molecule has 0 radical (unpaired) electrons. The van der Waals surface area contributed by atoms with Crippen molar-refractivity contribution >= 4 is 11.6 Å². The van der Waals surface area contributed by atoms with Crippen LogP contribution >= 0.6 is 0 Å². The number of anilines is 1. The number of methoxy groups -OCH3 is 3. The Morgan fingerprint density at radius 2 is 1.50 bits per heavy atom. The minimum absolute atomic E-state index is 0.290. The molecule has 1 aromatic heterocycles. The SMILES string of the molecule is COc1cc(NC(=O)c2ccc(-c3nc(-c4ccccc4)no3)cc2)cc(OC)c1OC. The smallest absolute Gasteiger partial charge is 0.258 e. The summed E-state index contributed by atoms with van der Waals surface area (Å²) in [4.78, 5) is 17.2. The van der Waals surface area contributed by atoms with Crippen molar-refractivity contribution in [2.75, 3.05) is 26.6 Å². The van der Waals surface area contributed by atoms with Gasteiger partial charge >= 0.3 is 0 Å². The van der Waals surface area contributed by atoms with Crippen LogP contribution in [0.1, 0.15) is 10.4 Å². The van der Waals surface area contributed by atoms with E-state index >= 15 is 0 Å². The third-order valence-electron chi connectivity index (χ3n) is 4.77. The van der Waals surface area contributed by atoms with Gasteiger partial charge in [0.1, 0.15) is 0 Å². The van der Waals surface area contributed by atoms with Crippen LogP contribution in [-0.2, 0) is 0 Å². The van der Waals surface area contributed by atoms with Crippen LogP contribution in [-0.4, -0.2) is 37.4 Å². The number of hydrogen-bond acceptors (Lipinski definition) is 7. The number of rotatable bonds is 7. The number of amides is 1. The van der Waals surface area contributed by atoms with E-state index < -0.39 is 0 Å². The van der Waals surface area contributed by atoms with Crippen LogP contribution in [0.4, 0.5) is 5.69 Å². The fourth-order valence-corrected chi connectivity index (χ4v) is 3.17. The molecule has 4 aromatic rings. The Kier molecular flexibility index (Phi) is 6.03. The van der Waals surface area contributed by atoms with E-state index in [1.165, 1.54) is 21.3 Å². The van der Waals surface area contributed by atoms with E-state index in [9.17, 15) is 4.79 Å². The van der Waals surface area contributed by atoms with Gasteiger partial charge in [0.15, 0.2) is 11.5 Å². The molecule has 1 amide bonds. The molecule has 0 aliphatic heterocycles. The Hall–Kier alpha value is -4.33. The largest absolute Gasteiger partial charge is 0.493 e. The third-order valence-corrected chi connectivity index (χ3v) is 4.77. The molecule has 8 nitrogen and oxygen atoms in total. The maximum atomic E-state index is 12.7. The Morgan fingerprint density at radius 1 is 0.844 bits per heavy atom. The molecule has 0 aliphatic carbocycles. The summed E-state index contributed by atoms with van der Waals surface area (Å²) in [6.45, 7) is 0. The molecule has 8 heteroatoms. The lowest BCUT2D eigenvalue weighted by molar-refractivity contribution is 0.102. The predicted octanol–water partition coefficient (Wildman–Crippen LogP) is 4.68. The summed E-state index contributed by atoms with van der Waals surface area (Å²) in [7, 11) is 4.55. The van der Waals surface area contributed by atoms with E-state index in [1.807, 2.05) is 30.3 Å². The van der Waals surface area contributed by atoms with E-state index in [2.05, 4.69) is 15.5 Å². The Morgan fingerprint density at radius 3 is 2.09 bits per heavy atom. The topological polar surface area (TPSA) is 95.7 Å². The van der Waals surface area contributed by atoms with E-state index in [1.54, 1.807) is 36.4 Å². The summed E-state index contributed by atoms with van der Waals surface area (Å²) < 4.78 is 21.3. The summed E-state index contributed by atoms with van der Waals surface area (Å²) in [6.07, 6.45) is 0. The van der Waals surface area contributed by atoms with Gasteiger partial charge in [0.05, 0.1) is 21.3 Å². The molecule has 1 heterocycles. The molecule has 0 spiro atoms. The Bertz CT molecular complexity index is 1200. The van der Waals surface area contributed by atoms with Crippen molar-refractivity contribution < 1.29 is 23.5 Å². The summed E-state index contributed by atoms with van der Waals surface area (Å²) in [5.74, 6) is 1.93. The molecular formula is C24H21N3O5. The van der Waals surface area contributed by atoms with Gasteiger partial charge in [-0.05, 0) is 24.3 Å². The molecule has 162 valence electrons. The van der Waals surface area contributed by atoms with Gasteiger partial charge < -0.3 is 24.1 Å². The highest BCUT2D eigenvalue weighted by Crippen LogP contribution is 2.40. The van der Waals surface area contributed by atoms with Gasteiger partial charge in [-0.1, -0.05) is 35.5 Å². The first-order chi connectivity index (χ1) is 15.6. The molecule has 1 N–H and O–H groups in total. The summed E-state index contributed by atoms with van der Waals surface area (Å²) in [5.41, 5.74) is 2.55. The van der Waals surface area contributed by atoms with Crippen LogP contribution in [0.3, 0.4) is 0 Å². The lowest BCUT2D eigenvalue weighted by Crippen LogP contribution is -2.12. The molecule has 0 bridgehead atoms. The summed E-state index contributed by atoms with van der Waals surface area (Å²) in [5, 5.41) is 6.86. The van der Waals surface area contributed by atoms with E-state index in [4.69, 9.17) is 18.7 Å². The average Bonchev–Trinajstić information content (AvgIpc) is 3.34. The molecule has 0 fully saturated rings. The van der Waals surface area contributed by atoms with Gasteiger partial charge in [-0.2, -0.15) is 4.98 Å². The van der Waals surface area contributed by atoms with Crippen LogP contribution in [0.2, 0.25) is 0 Å². The molecule has 0 aliphatic rings. The van der Waals surface area contributed by atoms with Gasteiger partial charge in [0.2, 0.25) is 11.6 Å². The lowest BCUT2D eigenvalue weighted by Gasteiger charge is -2.14. The van der Waals surface area contributed by atoms with E-state index in [0.717, 1.165) is 5.56 Å². The number of ether oxygens (including phenoxy) is 3. The molecule has 32 heavy (non-hydrogen) atoms. The van der Waals surface area contributed by atoms with Crippen molar-refractivity contribution in [3.05, 3.63) is 72.3 Å². The van der Waals surface area contributed by atoms with Gasteiger partial charge in [-0.15, -0.1) is 0 Å². The monoisotopic (exact) mass is 431 g/mol. The maximum Gasteiger partial charge on any atom is 0.258 e. The zero-order valence-electron chi connectivity index (χ0n) is 17.8. The molecule has 0 saturated heterocycles. The zero-order chi connectivity index (χ0) is 22.5. The second-order valence-electron chi connectivity index (χ2n) is 6.73. The standard InChI is InChI=1S/C24H21N3O5/c1-29-19-13-18(14-20(30-2)21(19)31-3)25-23(28)16-9-11-17(12-10-16)24-26-22(27-32-24)15-7-5-4-6-8-15/h4-14H,1-3H3,(H,25,28). The molecule has 4 rings (SSSR count). The van der Waals surface area contributed by atoms with Gasteiger partial charge in [0.25, 0.3) is 11.8 Å². The number of nitrogens with one attached hydrogen (secondary N) is 1. The molecule has 0 unspecified atom stereocenters. The quantitative estimate of drug-likeness (QED) is 0.454. The summed E-state index contributed by atoms with van der Waals surface area (Å²) >= 11 is 0. The van der Waals surface area contributed by atoms with Crippen LogP contribution in [0.5, 0.6) is 17.2 Å². The zero-order valence-corrected chi connectivity index (χ0v) is 17.8. The van der Waals surface area contributed by atoms with Crippen molar-refractivity contribution in [2.45, 2.75) is 0 Å². The van der Waals surface area contributed by atoms with Crippen molar-refractivity contribution in [1.82, 2.24) is 10.1 Å². The second-order valence-corrected chi connectivity index (χ2v) is 6.73. The highest BCUT2D eigenvalue weighted by molar-refractivity contribution is 6.04. The Balaban J connectivity index is 1.51. The normalized spacial score (nSPS) is 10.5. The highest BCUT2D eigenvalue weighted by atomic mass is 16.5. The number of carbonyl (C=O) groups excluding carboxylic acids is 1.